The molecule has 0 aliphatic carbocycles. The highest BCUT2D eigenvalue weighted by Gasteiger charge is 2.22. The number of nitrogens with one attached hydrogen (secondary N) is 2. The largest absolute Gasteiger partial charge is 0.354 e. The van der Waals surface area contributed by atoms with Gasteiger partial charge in [-0.25, -0.2) is 13.8 Å². The van der Waals surface area contributed by atoms with E-state index in [1.54, 1.807) is 32.2 Å². The van der Waals surface area contributed by atoms with Crippen molar-refractivity contribution >= 4 is 33.0 Å². The number of para-hydroxylation sites is 1. The summed E-state index contributed by atoms with van der Waals surface area (Å²) in [5.74, 6) is -0.492. The van der Waals surface area contributed by atoms with Crippen LogP contribution in [0.2, 0.25) is 0 Å². The lowest BCUT2D eigenvalue weighted by Crippen LogP contribution is -2.30. The van der Waals surface area contributed by atoms with E-state index < -0.39 is 15.9 Å². The van der Waals surface area contributed by atoms with Crippen LogP contribution in [0.3, 0.4) is 0 Å². The quantitative estimate of drug-likeness (QED) is 0.288. The van der Waals surface area contributed by atoms with Crippen LogP contribution in [0.25, 0.3) is 22.2 Å². The van der Waals surface area contributed by atoms with Crippen molar-refractivity contribution in [2.75, 3.05) is 13.1 Å². The topological polar surface area (TPSA) is 94.6 Å². The summed E-state index contributed by atoms with van der Waals surface area (Å²) in [6.07, 6.45) is 1.61. The maximum absolute atomic E-state index is 12.8. The summed E-state index contributed by atoms with van der Waals surface area (Å²) in [5.41, 5.74) is 6.44. The third-order valence-corrected chi connectivity index (χ3v) is 7.65. The second-order valence-electron chi connectivity index (χ2n) is 7.64. The number of carbonyl (C=O) groups is 1. The van der Waals surface area contributed by atoms with Gasteiger partial charge in [-0.1, -0.05) is 68.4 Å². The first-order valence-corrected chi connectivity index (χ1v) is 12.5. The number of H-pyrrole nitrogens is 1. The molecule has 0 bridgehead atoms. The smallest absolute Gasteiger partial charge is 0.271 e. The number of carbonyl (C=O) groups excluding carboxylic acids is 1. The van der Waals surface area contributed by atoms with Crippen LogP contribution in [-0.2, 0) is 10.0 Å². The highest BCUT2D eigenvalue weighted by Crippen LogP contribution is 2.29. The van der Waals surface area contributed by atoms with Crippen LogP contribution in [0.15, 0.2) is 88.9 Å². The first kappa shape index (κ1) is 23.4. The second kappa shape index (κ2) is 10.0. The molecule has 0 aliphatic heterocycles. The van der Waals surface area contributed by atoms with Gasteiger partial charge in [-0.05, 0) is 29.8 Å². The van der Waals surface area contributed by atoms with Crippen LogP contribution >= 0.6 is 0 Å². The van der Waals surface area contributed by atoms with Gasteiger partial charge < -0.3 is 4.98 Å². The fourth-order valence-corrected chi connectivity index (χ4v) is 5.37. The molecule has 0 fully saturated rings. The van der Waals surface area contributed by atoms with Gasteiger partial charge in [0.2, 0.25) is 10.0 Å². The van der Waals surface area contributed by atoms with Crippen molar-refractivity contribution in [3.63, 3.8) is 0 Å². The minimum Gasteiger partial charge on any atom is -0.354 e. The monoisotopic (exact) mass is 474 g/mol. The Hall–Kier alpha value is -3.75. The Kier molecular flexibility index (Phi) is 6.90. The molecular formula is C26H26N4O3S. The molecule has 1 aromatic heterocycles. The minimum atomic E-state index is -3.66. The number of amides is 1. The van der Waals surface area contributed by atoms with Gasteiger partial charge in [0.05, 0.1) is 16.8 Å². The average Bonchev–Trinajstić information content (AvgIpc) is 3.24. The van der Waals surface area contributed by atoms with E-state index in [-0.39, 0.29) is 10.5 Å². The Balaban J connectivity index is 1.60. The van der Waals surface area contributed by atoms with E-state index in [2.05, 4.69) is 15.5 Å². The number of hydrogen-bond acceptors (Lipinski definition) is 4. The van der Waals surface area contributed by atoms with Crippen molar-refractivity contribution in [3.8, 4) is 11.3 Å². The molecule has 0 saturated carbocycles. The predicted octanol–water partition coefficient (Wildman–Crippen LogP) is 4.63. The molecule has 0 spiro atoms. The molecule has 174 valence electrons. The average molecular weight is 475 g/mol. The third kappa shape index (κ3) is 4.64. The summed E-state index contributed by atoms with van der Waals surface area (Å²) >= 11 is 0. The summed E-state index contributed by atoms with van der Waals surface area (Å²) < 4.78 is 26.9. The molecule has 1 heterocycles. The van der Waals surface area contributed by atoms with Crippen molar-refractivity contribution < 1.29 is 13.2 Å². The Labute approximate surface area is 199 Å². The van der Waals surface area contributed by atoms with E-state index >= 15 is 0 Å². The van der Waals surface area contributed by atoms with E-state index in [9.17, 15) is 13.2 Å². The number of rotatable bonds is 8. The van der Waals surface area contributed by atoms with Gasteiger partial charge in [-0.15, -0.1) is 0 Å². The molecule has 2 N–H and O–H groups in total. The normalized spacial score (nSPS) is 12.0. The summed E-state index contributed by atoms with van der Waals surface area (Å²) in [6.45, 7) is 4.27. The van der Waals surface area contributed by atoms with Gasteiger partial charge in [0.25, 0.3) is 5.91 Å². The fourth-order valence-electron chi connectivity index (χ4n) is 3.86. The van der Waals surface area contributed by atoms with Crippen molar-refractivity contribution in [3.05, 3.63) is 90.0 Å². The zero-order valence-corrected chi connectivity index (χ0v) is 19.8. The highest BCUT2D eigenvalue weighted by atomic mass is 32.2. The molecule has 0 aliphatic rings. The zero-order valence-electron chi connectivity index (χ0n) is 19.0. The lowest BCUT2D eigenvalue weighted by Gasteiger charge is -2.18. The van der Waals surface area contributed by atoms with Crippen molar-refractivity contribution in [1.82, 2.24) is 14.7 Å². The Bertz CT molecular complexity index is 1440. The SMILES string of the molecule is CCN(CC)S(=O)(=O)c1cccc(C(=O)N/N=C/c2c(-c3ccccc3)[nH]c3ccccc23)c1. The molecule has 0 atom stereocenters. The van der Waals surface area contributed by atoms with Gasteiger partial charge in [0.1, 0.15) is 0 Å². The maximum Gasteiger partial charge on any atom is 0.271 e. The van der Waals surface area contributed by atoms with Crippen LogP contribution < -0.4 is 5.43 Å². The first-order chi connectivity index (χ1) is 16.5. The Morgan fingerprint density at radius 2 is 1.68 bits per heavy atom. The van der Waals surface area contributed by atoms with Crippen LogP contribution in [0.1, 0.15) is 29.8 Å². The third-order valence-electron chi connectivity index (χ3n) is 5.61. The van der Waals surface area contributed by atoms with Crippen molar-refractivity contribution in [2.24, 2.45) is 5.10 Å². The number of aromatic nitrogens is 1. The highest BCUT2D eigenvalue weighted by molar-refractivity contribution is 7.89. The van der Waals surface area contributed by atoms with Crippen LogP contribution in [0.5, 0.6) is 0 Å². The molecule has 34 heavy (non-hydrogen) atoms. The molecule has 0 radical (unpaired) electrons. The molecule has 4 aromatic rings. The van der Waals surface area contributed by atoms with Gasteiger partial charge in [0, 0.05) is 35.1 Å². The predicted molar refractivity (Wildman–Crippen MR) is 135 cm³/mol. The Morgan fingerprint density at radius 3 is 2.41 bits per heavy atom. The number of sulfonamides is 1. The van der Waals surface area contributed by atoms with Gasteiger partial charge >= 0.3 is 0 Å². The van der Waals surface area contributed by atoms with Crippen LogP contribution in [0.4, 0.5) is 0 Å². The molecule has 3 aromatic carbocycles. The summed E-state index contributed by atoms with van der Waals surface area (Å²) in [4.78, 5) is 16.2. The van der Waals surface area contributed by atoms with Gasteiger partial charge in [0.15, 0.2) is 0 Å². The molecule has 0 saturated heterocycles. The molecule has 0 unspecified atom stereocenters. The summed E-state index contributed by atoms with van der Waals surface area (Å²) in [7, 11) is -3.66. The molecule has 8 heteroatoms. The number of aromatic amines is 1. The van der Waals surface area contributed by atoms with E-state index in [1.165, 1.54) is 16.4 Å². The van der Waals surface area contributed by atoms with Crippen LogP contribution in [-0.4, -0.2) is 42.9 Å². The second-order valence-corrected chi connectivity index (χ2v) is 9.58. The molecule has 1 amide bonds. The number of fused-ring (bicyclic) bond motifs is 1. The molecule has 4 rings (SSSR count). The number of benzene rings is 3. The minimum absolute atomic E-state index is 0.0795. The van der Waals surface area contributed by atoms with E-state index in [1.807, 2.05) is 54.6 Å². The van der Waals surface area contributed by atoms with E-state index in [0.717, 1.165) is 27.7 Å². The van der Waals surface area contributed by atoms with Crippen LogP contribution in [0, 0.1) is 0 Å². The number of hydrazone groups is 1. The zero-order chi connectivity index (χ0) is 24.1. The standard InChI is InChI=1S/C26H26N4O3S/c1-3-30(4-2)34(32,33)21-14-10-13-20(17-21)26(31)29-27-18-23-22-15-8-9-16-24(22)28-25(23)19-11-6-5-7-12-19/h5-18,28H,3-4H2,1-2H3,(H,29,31)/b27-18+. The number of hydrogen-bond donors (Lipinski definition) is 2. The van der Waals surface area contributed by atoms with Gasteiger partial charge in [-0.3, -0.25) is 4.79 Å². The van der Waals surface area contributed by atoms with Crippen molar-refractivity contribution in [2.45, 2.75) is 18.7 Å². The number of nitrogens with zero attached hydrogens (tertiary/aromatic N) is 2. The first-order valence-electron chi connectivity index (χ1n) is 11.1. The van der Waals surface area contributed by atoms with E-state index in [0.29, 0.717) is 13.1 Å². The molecule has 7 nitrogen and oxygen atoms in total. The van der Waals surface area contributed by atoms with Gasteiger partial charge in [-0.2, -0.15) is 9.41 Å². The van der Waals surface area contributed by atoms with E-state index in [4.69, 9.17) is 0 Å². The fraction of sp³-hybridized carbons (Fsp3) is 0.154. The van der Waals surface area contributed by atoms with Crippen molar-refractivity contribution in [1.29, 1.82) is 0 Å². The summed E-state index contributed by atoms with van der Waals surface area (Å²) in [6, 6.07) is 23.7. The summed E-state index contributed by atoms with van der Waals surface area (Å²) in [5, 5.41) is 5.16. The maximum atomic E-state index is 12.8. The Morgan fingerprint density at radius 1 is 0.971 bits per heavy atom. The lowest BCUT2D eigenvalue weighted by molar-refractivity contribution is 0.0955. The lowest BCUT2D eigenvalue weighted by atomic mass is 10.1. The molecular weight excluding hydrogens is 448 g/mol.